The van der Waals surface area contributed by atoms with Crippen LogP contribution in [0.5, 0.6) is 0 Å². The van der Waals surface area contributed by atoms with Gasteiger partial charge in [0.15, 0.2) is 0 Å². The molecular weight excluding hydrogens is 481 g/mol. The third-order valence-electron chi connectivity index (χ3n) is 4.42. The van der Waals surface area contributed by atoms with E-state index in [0.717, 1.165) is 4.90 Å². The molecule has 1 fully saturated rings. The molecule has 0 aromatic heterocycles. The van der Waals surface area contributed by atoms with Gasteiger partial charge in [-0.05, 0) is 25.9 Å². The number of hydrogen-bond acceptors (Lipinski definition) is 3. The van der Waals surface area contributed by atoms with Crippen molar-refractivity contribution < 1.29 is 65.5 Å². The van der Waals surface area contributed by atoms with Gasteiger partial charge < -0.3 is 4.90 Å². The molecule has 1 heterocycles. The van der Waals surface area contributed by atoms with Crippen LogP contribution in [-0.2, 0) is 9.84 Å². The van der Waals surface area contributed by atoms with Gasteiger partial charge in [-0.1, -0.05) is 6.42 Å². The molecule has 0 aliphatic carbocycles. The Hall–Kier alpha value is -1.00. The first kappa shape index (κ1) is 27.0. The maximum absolute atomic E-state index is 13.7. The number of halogens is 13. The molecule has 1 aliphatic heterocycles. The van der Waals surface area contributed by atoms with Crippen molar-refractivity contribution >= 4 is 9.84 Å². The molecule has 180 valence electrons. The lowest BCUT2D eigenvalue weighted by molar-refractivity contribution is -0.433. The zero-order valence-electron chi connectivity index (χ0n) is 14.5. The fourth-order valence-corrected chi connectivity index (χ4v) is 3.78. The molecule has 17 heteroatoms. The quantitative estimate of drug-likeness (QED) is 0.463. The van der Waals surface area contributed by atoms with Crippen molar-refractivity contribution in [2.45, 2.75) is 54.4 Å². The fourth-order valence-electron chi connectivity index (χ4n) is 2.51. The van der Waals surface area contributed by atoms with E-state index in [2.05, 4.69) is 0 Å². The van der Waals surface area contributed by atoms with E-state index in [0.29, 0.717) is 19.3 Å². The van der Waals surface area contributed by atoms with E-state index in [1.807, 2.05) is 0 Å². The number of alkyl halides is 13. The average molecular weight is 495 g/mol. The highest BCUT2D eigenvalue weighted by molar-refractivity contribution is 7.92. The molecule has 0 N–H and O–H groups in total. The molecule has 1 saturated heterocycles. The molecule has 3 nitrogen and oxygen atoms in total. The summed E-state index contributed by atoms with van der Waals surface area (Å²) in [6.45, 7) is -0.679. The number of piperidine rings is 1. The minimum Gasteiger partial charge on any atom is -0.302 e. The molecule has 0 aromatic rings. The standard InChI is InChI=1S/C13H14F13NO2S/c14-8(15,10(18,19)12(22,23)24)9(16,17)11(20,21)13(25,26)30(28,29)7-6-27-4-2-1-3-5-27/h1-7H2. The van der Waals surface area contributed by atoms with Gasteiger partial charge in [0, 0.05) is 6.54 Å². The topological polar surface area (TPSA) is 37.4 Å². The van der Waals surface area contributed by atoms with Gasteiger partial charge in [-0.25, -0.2) is 8.42 Å². The van der Waals surface area contributed by atoms with Crippen LogP contribution in [0.1, 0.15) is 19.3 Å². The van der Waals surface area contributed by atoms with Gasteiger partial charge in [0.05, 0.1) is 5.75 Å². The minimum atomic E-state index is -8.12. The van der Waals surface area contributed by atoms with Crippen LogP contribution < -0.4 is 0 Å². The first-order valence-corrected chi connectivity index (χ1v) is 9.63. The summed E-state index contributed by atoms with van der Waals surface area (Å²) in [5.74, 6) is -33.9. The normalized spacial score (nSPS) is 19.2. The lowest BCUT2D eigenvalue weighted by atomic mass is 9.98. The van der Waals surface area contributed by atoms with Crippen molar-refractivity contribution in [2.24, 2.45) is 0 Å². The third kappa shape index (κ3) is 4.07. The van der Waals surface area contributed by atoms with Crippen LogP contribution in [0.15, 0.2) is 0 Å². The maximum Gasteiger partial charge on any atom is 0.460 e. The lowest BCUT2D eigenvalue weighted by Crippen LogP contribution is -2.71. The highest BCUT2D eigenvalue weighted by atomic mass is 32.2. The first-order chi connectivity index (χ1) is 13.1. The molecule has 1 rings (SSSR count). The average Bonchev–Trinajstić information content (AvgIpc) is 2.59. The van der Waals surface area contributed by atoms with Gasteiger partial charge >= 0.3 is 35.1 Å². The van der Waals surface area contributed by atoms with Crippen LogP contribution >= 0.6 is 0 Å². The van der Waals surface area contributed by atoms with Gasteiger partial charge in [0.25, 0.3) is 0 Å². The molecule has 0 bridgehead atoms. The van der Waals surface area contributed by atoms with E-state index in [1.165, 1.54) is 0 Å². The van der Waals surface area contributed by atoms with E-state index in [4.69, 9.17) is 0 Å². The highest BCUT2D eigenvalue weighted by Crippen LogP contribution is 2.61. The summed E-state index contributed by atoms with van der Waals surface area (Å²) >= 11 is 0. The van der Waals surface area contributed by atoms with Crippen molar-refractivity contribution in [3.05, 3.63) is 0 Å². The van der Waals surface area contributed by atoms with Crippen LogP contribution in [-0.4, -0.2) is 73.8 Å². The number of hydrogen-bond donors (Lipinski definition) is 0. The summed E-state index contributed by atoms with van der Waals surface area (Å²) < 4.78 is 192. The molecule has 30 heavy (non-hydrogen) atoms. The van der Waals surface area contributed by atoms with E-state index in [9.17, 15) is 65.5 Å². The van der Waals surface area contributed by atoms with Crippen molar-refractivity contribution in [3.63, 3.8) is 0 Å². The highest BCUT2D eigenvalue weighted by Gasteiger charge is 2.92. The van der Waals surface area contributed by atoms with E-state index in [-0.39, 0.29) is 13.1 Å². The van der Waals surface area contributed by atoms with Crippen molar-refractivity contribution in [1.29, 1.82) is 0 Å². The Morgan fingerprint density at radius 3 is 1.40 bits per heavy atom. The Balaban J connectivity index is 3.30. The van der Waals surface area contributed by atoms with Crippen molar-refractivity contribution in [3.8, 4) is 0 Å². The second-order valence-corrected chi connectivity index (χ2v) is 8.68. The SMILES string of the molecule is O=S(=O)(CCN1CCCCC1)C(F)(F)C(F)(F)C(F)(F)C(F)(F)C(F)(F)C(F)(F)F. The molecule has 0 atom stereocenters. The number of sulfone groups is 1. The van der Waals surface area contributed by atoms with Crippen LogP contribution in [0.2, 0.25) is 0 Å². The van der Waals surface area contributed by atoms with Crippen molar-refractivity contribution in [2.75, 3.05) is 25.4 Å². The van der Waals surface area contributed by atoms with Crippen molar-refractivity contribution in [1.82, 2.24) is 4.90 Å². The van der Waals surface area contributed by atoms with Crippen LogP contribution in [0, 0.1) is 0 Å². The van der Waals surface area contributed by atoms with Crippen LogP contribution in [0.3, 0.4) is 0 Å². The van der Waals surface area contributed by atoms with E-state index >= 15 is 0 Å². The Morgan fingerprint density at radius 1 is 0.600 bits per heavy atom. The second kappa shape index (κ2) is 7.85. The summed E-state index contributed by atoms with van der Waals surface area (Å²) in [5, 5.41) is -7.09. The summed E-state index contributed by atoms with van der Waals surface area (Å²) in [7, 11) is -6.71. The van der Waals surface area contributed by atoms with Gasteiger partial charge in [0.1, 0.15) is 0 Å². The van der Waals surface area contributed by atoms with E-state index in [1.54, 1.807) is 0 Å². The largest absolute Gasteiger partial charge is 0.460 e. The molecule has 0 amide bonds. The Bertz CT molecular complexity index is 711. The van der Waals surface area contributed by atoms with Gasteiger partial charge in [-0.15, -0.1) is 0 Å². The molecule has 1 aliphatic rings. The Kier molecular flexibility index (Phi) is 7.07. The van der Waals surface area contributed by atoms with Gasteiger partial charge in [0.2, 0.25) is 9.84 Å². The van der Waals surface area contributed by atoms with Gasteiger partial charge in [-0.2, -0.15) is 57.1 Å². The summed E-state index contributed by atoms with van der Waals surface area (Å²) in [4.78, 5) is 1.15. The number of likely N-dealkylation sites (tertiary alicyclic amines) is 1. The van der Waals surface area contributed by atoms with Gasteiger partial charge in [-0.3, -0.25) is 0 Å². The molecule has 0 saturated carbocycles. The molecule has 0 aromatic carbocycles. The Morgan fingerprint density at radius 2 is 1.00 bits per heavy atom. The summed E-state index contributed by atoms with van der Waals surface area (Å²) in [5.41, 5.74) is 0. The second-order valence-electron chi connectivity index (χ2n) is 6.53. The first-order valence-electron chi connectivity index (χ1n) is 7.98. The lowest BCUT2D eigenvalue weighted by Gasteiger charge is -2.39. The third-order valence-corrected chi connectivity index (χ3v) is 6.18. The summed E-state index contributed by atoms with van der Waals surface area (Å²) in [6, 6.07) is 0. The smallest absolute Gasteiger partial charge is 0.302 e. The zero-order chi connectivity index (χ0) is 24.0. The van der Waals surface area contributed by atoms with Crippen LogP contribution in [0.25, 0.3) is 0 Å². The Labute approximate surface area is 161 Å². The molecule has 0 unspecified atom stereocenters. The van der Waals surface area contributed by atoms with Crippen LogP contribution in [0.4, 0.5) is 57.1 Å². The predicted molar refractivity (Wildman–Crippen MR) is 74.9 cm³/mol. The minimum absolute atomic E-state index is 0.115. The fraction of sp³-hybridized carbons (Fsp3) is 1.00. The number of rotatable bonds is 8. The number of nitrogens with zero attached hydrogens (tertiary/aromatic N) is 1. The molecular formula is C13H14F13NO2S. The monoisotopic (exact) mass is 495 g/mol. The molecule has 0 spiro atoms. The molecule has 0 radical (unpaired) electrons. The maximum atomic E-state index is 13.7. The van der Waals surface area contributed by atoms with E-state index < -0.39 is 57.3 Å². The summed E-state index contributed by atoms with van der Waals surface area (Å²) in [6.07, 6.45) is -5.99. The predicted octanol–water partition coefficient (Wildman–Crippen LogP) is 4.58. The zero-order valence-corrected chi connectivity index (χ0v) is 15.4.